The first-order valence-electron chi connectivity index (χ1n) is 6.21. The van der Waals surface area contributed by atoms with Gasteiger partial charge in [-0.25, -0.2) is 0 Å². The van der Waals surface area contributed by atoms with Crippen LogP contribution in [0.4, 0.5) is 0 Å². The molecule has 1 aromatic rings. The van der Waals surface area contributed by atoms with Crippen molar-refractivity contribution in [2.75, 3.05) is 20.3 Å². The second kappa shape index (κ2) is 5.41. The van der Waals surface area contributed by atoms with Crippen molar-refractivity contribution in [1.29, 1.82) is 0 Å². The molecule has 0 N–H and O–H groups in total. The molecule has 1 aromatic carbocycles. The number of alkyl halides is 1. The number of fused-ring (bicyclic) bond motifs is 1. The predicted octanol–water partition coefficient (Wildman–Crippen LogP) is 2.59. The number of hydrogen-bond acceptors (Lipinski definition) is 3. The highest BCUT2D eigenvalue weighted by Gasteiger charge is 2.27. The molecule has 1 aliphatic heterocycles. The van der Waals surface area contributed by atoms with Crippen LogP contribution >= 0.6 is 15.9 Å². The van der Waals surface area contributed by atoms with Gasteiger partial charge in [0.25, 0.3) is 0 Å². The lowest BCUT2D eigenvalue weighted by atomic mass is 10.1. The fourth-order valence-corrected chi connectivity index (χ4v) is 2.29. The first kappa shape index (κ1) is 14.2. The molecule has 19 heavy (non-hydrogen) atoms. The first-order valence-corrected chi connectivity index (χ1v) is 7.00. The Labute approximate surface area is 121 Å². The summed E-state index contributed by atoms with van der Waals surface area (Å²) in [5.41, 5.74) is 1.02. The van der Waals surface area contributed by atoms with Crippen molar-refractivity contribution in [3.05, 3.63) is 23.8 Å². The largest absolute Gasteiger partial charge is 0.486 e. The van der Waals surface area contributed by atoms with E-state index in [1.54, 1.807) is 11.9 Å². The molecule has 0 saturated heterocycles. The Kier molecular flexibility index (Phi) is 4.04. The third-order valence-electron chi connectivity index (χ3n) is 2.88. The lowest BCUT2D eigenvalue weighted by Gasteiger charge is -2.25. The molecule has 0 aliphatic carbocycles. The quantitative estimate of drug-likeness (QED) is 0.801. The summed E-state index contributed by atoms with van der Waals surface area (Å²) in [5, 5.41) is 0. The van der Waals surface area contributed by atoms with Gasteiger partial charge in [-0.15, -0.1) is 0 Å². The Morgan fingerprint density at radius 1 is 1.32 bits per heavy atom. The molecule has 0 unspecified atom stereocenters. The van der Waals surface area contributed by atoms with Crippen molar-refractivity contribution >= 4 is 21.8 Å². The van der Waals surface area contributed by atoms with Gasteiger partial charge in [-0.3, -0.25) is 4.79 Å². The Balaban J connectivity index is 2.09. The molecule has 104 valence electrons. The fraction of sp³-hybridized carbons (Fsp3) is 0.500. The smallest absolute Gasteiger partial charge is 0.238 e. The van der Waals surface area contributed by atoms with Gasteiger partial charge < -0.3 is 14.4 Å². The van der Waals surface area contributed by atoms with Crippen LogP contribution in [-0.4, -0.2) is 35.4 Å². The molecular weight excluding hydrogens is 310 g/mol. The van der Waals surface area contributed by atoms with Crippen molar-refractivity contribution in [3.8, 4) is 11.5 Å². The number of carbonyl (C=O) groups is 1. The monoisotopic (exact) mass is 327 g/mol. The third-order valence-corrected chi connectivity index (χ3v) is 3.22. The van der Waals surface area contributed by atoms with Crippen LogP contribution in [0.1, 0.15) is 19.4 Å². The van der Waals surface area contributed by atoms with Crippen LogP contribution in [0.25, 0.3) is 0 Å². The van der Waals surface area contributed by atoms with E-state index in [9.17, 15) is 4.79 Å². The molecule has 0 spiro atoms. The van der Waals surface area contributed by atoms with E-state index in [4.69, 9.17) is 9.47 Å². The molecule has 0 bridgehead atoms. The highest BCUT2D eigenvalue weighted by molar-refractivity contribution is 9.10. The van der Waals surface area contributed by atoms with E-state index in [0.717, 1.165) is 17.1 Å². The molecule has 4 nitrogen and oxygen atoms in total. The molecule has 1 heterocycles. The van der Waals surface area contributed by atoms with Gasteiger partial charge in [0.1, 0.15) is 13.2 Å². The average Bonchev–Trinajstić information content (AvgIpc) is 2.36. The van der Waals surface area contributed by atoms with Gasteiger partial charge in [-0.1, -0.05) is 22.0 Å². The summed E-state index contributed by atoms with van der Waals surface area (Å²) in [6.07, 6.45) is 0. The number of hydrogen-bond donors (Lipinski definition) is 0. The molecule has 2 rings (SSSR count). The highest BCUT2D eigenvalue weighted by Crippen LogP contribution is 2.31. The van der Waals surface area contributed by atoms with Gasteiger partial charge in [0, 0.05) is 13.6 Å². The van der Waals surface area contributed by atoms with Crippen molar-refractivity contribution in [3.63, 3.8) is 0 Å². The fourth-order valence-electron chi connectivity index (χ4n) is 1.99. The van der Waals surface area contributed by atoms with E-state index in [1.165, 1.54) is 0 Å². The van der Waals surface area contributed by atoms with E-state index in [0.29, 0.717) is 19.8 Å². The molecule has 0 radical (unpaired) electrons. The van der Waals surface area contributed by atoms with E-state index >= 15 is 0 Å². The number of rotatable bonds is 3. The summed E-state index contributed by atoms with van der Waals surface area (Å²) in [4.78, 5) is 13.8. The van der Waals surface area contributed by atoms with E-state index in [-0.39, 0.29) is 5.91 Å². The van der Waals surface area contributed by atoms with E-state index in [1.807, 2.05) is 32.0 Å². The third kappa shape index (κ3) is 3.41. The van der Waals surface area contributed by atoms with Crippen molar-refractivity contribution in [1.82, 2.24) is 4.90 Å². The summed E-state index contributed by atoms with van der Waals surface area (Å²) in [6.45, 7) is 5.39. The summed E-state index contributed by atoms with van der Waals surface area (Å²) < 4.78 is 10.5. The normalized spacial score (nSPS) is 14.1. The number of ether oxygens (including phenoxy) is 2. The maximum atomic E-state index is 12.1. The number of benzene rings is 1. The van der Waals surface area contributed by atoms with Crippen LogP contribution in [0.15, 0.2) is 18.2 Å². The summed E-state index contributed by atoms with van der Waals surface area (Å²) in [6, 6.07) is 5.78. The molecule has 1 aliphatic rings. The molecular formula is C14H18BrNO3. The molecule has 1 amide bonds. The maximum Gasteiger partial charge on any atom is 0.238 e. The predicted molar refractivity (Wildman–Crippen MR) is 76.9 cm³/mol. The van der Waals surface area contributed by atoms with Gasteiger partial charge in [0.15, 0.2) is 11.5 Å². The topological polar surface area (TPSA) is 38.8 Å². The summed E-state index contributed by atoms with van der Waals surface area (Å²) in [5.74, 6) is 1.56. The Morgan fingerprint density at radius 3 is 2.58 bits per heavy atom. The zero-order valence-electron chi connectivity index (χ0n) is 11.4. The molecule has 5 heteroatoms. The Morgan fingerprint density at radius 2 is 1.95 bits per heavy atom. The van der Waals surface area contributed by atoms with Crippen molar-refractivity contribution in [2.24, 2.45) is 0 Å². The standard InChI is InChI=1S/C14H18BrNO3/c1-14(2,15)13(17)16(3)9-10-4-5-11-12(8-10)19-7-6-18-11/h4-5,8H,6-7,9H2,1-3H3. The SMILES string of the molecule is CN(Cc1ccc2c(c1)OCCO2)C(=O)C(C)(C)Br. The minimum absolute atomic E-state index is 0.0439. The second-order valence-corrected chi connectivity index (χ2v) is 7.09. The zero-order chi connectivity index (χ0) is 14.0. The van der Waals surface area contributed by atoms with Crippen LogP contribution < -0.4 is 9.47 Å². The van der Waals surface area contributed by atoms with Crippen LogP contribution in [-0.2, 0) is 11.3 Å². The van der Waals surface area contributed by atoms with Crippen LogP contribution in [0.3, 0.4) is 0 Å². The van der Waals surface area contributed by atoms with Gasteiger partial charge in [-0.05, 0) is 31.5 Å². The van der Waals surface area contributed by atoms with Gasteiger partial charge in [-0.2, -0.15) is 0 Å². The molecule has 0 atom stereocenters. The lowest BCUT2D eigenvalue weighted by Crippen LogP contribution is -2.38. The zero-order valence-corrected chi connectivity index (χ0v) is 13.0. The second-order valence-electron chi connectivity index (χ2n) is 5.11. The first-order chi connectivity index (χ1) is 8.88. The molecule has 0 saturated carbocycles. The molecule has 0 aromatic heterocycles. The number of carbonyl (C=O) groups excluding carboxylic acids is 1. The number of nitrogens with zero attached hydrogens (tertiary/aromatic N) is 1. The minimum Gasteiger partial charge on any atom is -0.486 e. The van der Waals surface area contributed by atoms with Gasteiger partial charge >= 0.3 is 0 Å². The van der Waals surface area contributed by atoms with Crippen molar-refractivity contribution in [2.45, 2.75) is 24.7 Å². The number of amides is 1. The Bertz CT molecular complexity index is 482. The van der Waals surface area contributed by atoms with Crippen LogP contribution in [0.5, 0.6) is 11.5 Å². The van der Waals surface area contributed by atoms with Gasteiger partial charge in [0.05, 0.1) is 4.32 Å². The van der Waals surface area contributed by atoms with Crippen LogP contribution in [0.2, 0.25) is 0 Å². The minimum atomic E-state index is -0.546. The maximum absolute atomic E-state index is 12.1. The highest BCUT2D eigenvalue weighted by atomic mass is 79.9. The summed E-state index contributed by atoms with van der Waals surface area (Å²) in [7, 11) is 1.79. The van der Waals surface area contributed by atoms with E-state index < -0.39 is 4.32 Å². The lowest BCUT2D eigenvalue weighted by molar-refractivity contribution is -0.131. The summed E-state index contributed by atoms with van der Waals surface area (Å²) >= 11 is 3.38. The van der Waals surface area contributed by atoms with Crippen LogP contribution in [0, 0.1) is 0 Å². The molecule has 0 fully saturated rings. The van der Waals surface area contributed by atoms with E-state index in [2.05, 4.69) is 15.9 Å². The van der Waals surface area contributed by atoms with Gasteiger partial charge in [0.2, 0.25) is 5.91 Å². The van der Waals surface area contributed by atoms with Crippen molar-refractivity contribution < 1.29 is 14.3 Å². The Hall–Kier alpha value is -1.23. The number of halogens is 1. The average molecular weight is 328 g/mol.